The number of aliphatic carboxylic acids is 1. The van der Waals surface area contributed by atoms with E-state index in [1.807, 2.05) is 0 Å². The maximum Gasteiger partial charge on any atom is 0.425 e. The lowest BCUT2D eigenvalue weighted by atomic mass is 9.98. The second kappa shape index (κ2) is 8.39. The minimum absolute atomic E-state index is 0.0728. The van der Waals surface area contributed by atoms with Crippen molar-refractivity contribution in [2.45, 2.75) is 57.9 Å². The Labute approximate surface area is 149 Å². The topological polar surface area (TPSA) is 92.9 Å². The van der Waals surface area contributed by atoms with Gasteiger partial charge in [0.25, 0.3) is 0 Å². The molecule has 0 bridgehead atoms. The quantitative estimate of drug-likeness (QED) is 0.443. The molecule has 1 atom stereocenters. The first-order chi connectivity index (χ1) is 11.8. The lowest BCUT2D eigenvalue weighted by Gasteiger charge is -2.30. The number of ether oxygens (including phenoxy) is 1. The van der Waals surface area contributed by atoms with Crippen molar-refractivity contribution in [2.75, 3.05) is 0 Å². The van der Waals surface area contributed by atoms with Crippen LogP contribution in [0.3, 0.4) is 0 Å². The number of nitrogens with zero attached hydrogens (tertiary/aromatic N) is 1. The molecular weight excluding hydrogens is 353 g/mol. The highest BCUT2D eigenvalue weighted by molar-refractivity contribution is 5.68. The van der Waals surface area contributed by atoms with Crippen LogP contribution in [0.2, 0.25) is 0 Å². The Bertz CT molecular complexity index is 642. The van der Waals surface area contributed by atoms with Crippen molar-refractivity contribution in [1.82, 2.24) is 5.01 Å². The van der Waals surface area contributed by atoms with Crippen molar-refractivity contribution in [2.24, 2.45) is 5.84 Å². The molecule has 0 heterocycles. The summed E-state index contributed by atoms with van der Waals surface area (Å²) in [6.45, 7) is 4.88. The highest BCUT2D eigenvalue weighted by Crippen LogP contribution is 2.33. The van der Waals surface area contributed by atoms with E-state index in [0.29, 0.717) is 5.01 Å². The lowest BCUT2D eigenvalue weighted by molar-refractivity contribution is -0.138. The average Bonchev–Trinajstić information content (AvgIpc) is 2.48. The summed E-state index contributed by atoms with van der Waals surface area (Å²) in [5, 5.41) is 9.47. The summed E-state index contributed by atoms with van der Waals surface area (Å²) in [5.41, 5.74) is -1.57. The standard InChI is InChI=1S/C17H23F3N2O4/c1-16(2,3)26-15(25)22(21)13(8-5-9-14(23)24)11-6-4-7-12(10-11)17(18,19)20/h4,6-7,10,13H,5,8-9,21H2,1-3H3,(H,23,24). The Morgan fingerprint density at radius 1 is 1.27 bits per heavy atom. The van der Waals surface area contributed by atoms with E-state index in [0.717, 1.165) is 12.1 Å². The summed E-state index contributed by atoms with van der Waals surface area (Å²) in [4.78, 5) is 22.9. The zero-order chi connectivity index (χ0) is 20.1. The first-order valence-corrected chi connectivity index (χ1v) is 7.97. The Kier molecular flexibility index (Phi) is 7.02. The van der Waals surface area contributed by atoms with Crippen LogP contribution in [0.15, 0.2) is 24.3 Å². The number of alkyl halides is 3. The van der Waals surface area contributed by atoms with Gasteiger partial charge < -0.3 is 9.84 Å². The van der Waals surface area contributed by atoms with Crippen LogP contribution >= 0.6 is 0 Å². The van der Waals surface area contributed by atoms with Crippen LogP contribution in [0.1, 0.15) is 57.2 Å². The van der Waals surface area contributed by atoms with Gasteiger partial charge in [-0.2, -0.15) is 13.2 Å². The molecular formula is C17H23F3N2O4. The zero-order valence-corrected chi connectivity index (χ0v) is 14.8. The van der Waals surface area contributed by atoms with Crippen molar-refractivity contribution in [3.8, 4) is 0 Å². The van der Waals surface area contributed by atoms with E-state index in [2.05, 4.69) is 0 Å². The molecule has 9 heteroatoms. The smallest absolute Gasteiger partial charge is 0.425 e. The molecule has 3 N–H and O–H groups in total. The maximum atomic E-state index is 13.0. The Balaban J connectivity index is 3.12. The molecule has 0 radical (unpaired) electrons. The molecule has 1 rings (SSSR count). The third-order valence-corrected chi connectivity index (χ3v) is 3.41. The molecule has 6 nitrogen and oxygen atoms in total. The van der Waals surface area contributed by atoms with Gasteiger partial charge in [-0.25, -0.2) is 15.6 Å². The summed E-state index contributed by atoms with van der Waals surface area (Å²) in [6.07, 6.45) is -5.45. The number of amides is 1. The molecule has 146 valence electrons. The van der Waals surface area contributed by atoms with Gasteiger partial charge in [0.2, 0.25) is 0 Å². The molecule has 1 unspecified atom stereocenters. The predicted octanol–water partition coefficient (Wildman–Crippen LogP) is 4.11. The summed E-state index contributed by atoms with van der Waals surface area (Å²) in [5.74, 6) is 4.76. The van der Waals surface area contributed by atoms with Gasteiger partial charge in [-0.05, 0) is 51.3 Å². The maximum absolute atomic E-state index is 13.0. The first-order valence-electron chi connectivity index (χ1n) is 7.97. The van der Waals surface area contributed by atoms with E-state index >= 15 is 0 Å². The normalized spacial score (nSPS) is 13.2. The van der Waals surface area contributed by atoms with Gasteiger partial charge in [0.05, 0.1) is 11.6 Å². The molecule has 0 aromatic heterocycles. The number of benzene rings is 1. The fourth-order valence-corrected chi connectivity index (χ4v) is 2.28. The third kappa shape index (κ3) is 6.91. The molecule has 0 aliphatic carbocycles. The molecule has 0 saturated heterocycles. The second-order valence-electron chi connectivity index (χ2n) is 6.81. The van der Waals surface area contributed by atoms with Crippen LogP contribution in [0.5, 0.6) is 0 Å². The zero-order valence-electron chi connectivity index (χ0n) is 14.8. The van der Waals surface area contributed by atoms with E-state index in [1.165, 1.54) is 12.1 Å². The monoisotopic (exact) mass is 376 g/mol. The summed E-state index contributed by atoms with van der Waals surface area (Å²) >= 11 is 0. The van der Waals surface area contributed by atoms with Gasteiger partial charge in [0.15, 0.2) is 0 Å². The highest BCUT2D eigenvalue weighted by Gasteiger charge is 2.33. The predicted molar refractivity (Wildman–Crippen MR) is 87.9 cm³/mol. The summed E-state index contributed by atoms with van der Waals surface area (Å²) in [7, 11) is 0. The van der Waals surface area contributed by atoms with Crippen molar-refractivity contribution in [3.63, 3.8) is 0 Å². The van der Waals surface area contributed by atoms with Crippen molar-refractivity contribution in [1.29, 1.82) is 0 Å². The molecule has 26 heavy (non-hydrogen) atoms. The van der Waals surface area contributed by atoms with E-state index < -0.39 is 35.4 Å². The Morgan fingerprint density at radius 2 is 1.88 bits per heavy atom. The van der Waals surface area contributed by atoms with E-state index in [9.17, 15) is 22.8 Å². The van der Waals surface area contributed by atoms with Crippen molar-refractivity contribution < 1.29 is 32.6 Å². The lowest BCUT2D eigenvalue weighted by Crippen LogP contribution is -2.44. The minimum Gasteiger partial charge on any atom is -0.481 e. The number of halogens is 3. The fourth-order valence-electron chi connectivity index (χ4n) is 2.28. The number of hydrogen-bond donors (Lipinski definition) is 2. The third-order valence-electron chi connectivity index (χ3n) is 3.41. The van der Waals surface area contributed by atoms with Crippen LogP contribution in [0.4, 0.5) is 18.0 Å². The number of carbonyl (C=O) groups excluding carboxylic acids is 1. The summed E-state index contributed by atoms with van der Waals surface area (Å²) in [6, 6.07) is 3.48. The molecule has 0 saturated carbocycles. The van der Waals surface area contributed by atoms with Gasteiger partial charge in [-0.1, -0.05) is 12.1 Å². The SMILES string of the molecule is CC(C)(C)OC(=O)N(N)C(CCCC(=O)O)c1cccc(C(F)(F)F)c1. The van der Waals surface area contributed by atoms with Crippen LogP contribution in [0, 0.1) is 0 Å². The number of carboxylic acid groups (broad SMARTS) is 1. The molecule has 0 aliphatic heterocycles. The Hall–Kier alpha value is -2.29. The fraction of sp³-hybridized carbons (Fsp3) is 0.529. The van der Waals surface area contributed by atoms with Crippen LogP contribution < -0.4 is 5.84 Å². The number of hydrogen-bond acceptors (Lipinski definition) is 4. The van der Waals surface area contributed by atoms with Gasteiger partial charge in [-0.15, -0.1) is 0 Å². The average molecular weight is 376 g/mol. The van der Waals surface area contributed by atoms with Gasteiger partial charge in [0, 0.05) is 6.42 Å². The molecule has 1 amide bonds. The second-order valence-corrected chi connectivity index (χ2v) is 6.81. The molecule has 1 aromatic carbocycles. The molecule has 1 aromatic rings. The van der Waals surface area contributed by atoms with Crippen molar-refractivity contribution >= 4 is 12.1 Å². The van der Waals surface area contributed by atoms with Crippen LogP contribution in [-0.2, 0) is 15.7 Å². The highest BCUT2D eigenvalue weighted by atomic mass is 19.4. The number of nitrogens with two attached hydrogens (primary N) is 1. The largest absolute Gasteiger partial charge is 0.481 e. The number of carboxylic acids is 1. The van der Waals surface area contributed by atoms with E-state index in [-0.39, 0.29) is 24.8 Å². The van der Waals surface area contributed by atoms with Crippen LogP contribution in [-0.4, -0.2) is 27.8 Å². The van der Waals surface area contributed by atoms with E-state index in [1.54, 1.807) is 20.8 Å². The first kappa shape index (κ1) is 21.8. The van der Waals surface area contributed by atoms with Gasteiger partial charge in [-0.3, -0.25) is 4.79 Å². The van der Waals surface area contributed by atoms with E-state index in [4.69, 9.17) is 15.7 Å². The number of carbonyl (C=O) groups is 2. The minimum atomic E-state index is -4.55. The van der Waals surface area contributed by atoms with Gasteiger partial charge >= 0.3 is 18.2 Å². The molecule has 0 aliphatic rings. The molecule has 0 fully saturated rings. The van der Waals surface area contributed by atoms with Crippen LogP contribution in [0.25, 0.3) is 0 Å². The summed E-state index contributed by atoms with van der Waals surface area (Å²) < 4.78 is 44.0. The number of rotatable bonds is 6. The molecule has 0 spiro atoms. The van der Waals surface area contributed by atoms with Crippen molar-refractivity contribution in [3.05, 3.63) is 35.4 Å². The number of hydrazine groups is 1. The van der Waals surface area contributed by atoms with Gasteiger partial charge in [0.1, 0.15) is 5.60 Å². The Morgan fingerprint density at radius 3 is 2.38 bits per heavy atom.